The molecule has 32 heavy (non-hydrogen) atoms. The van der Waals surface area contributed by atoms with Crippen LogP contribution >= 0.6 is 0 Å². The topological polar surface area (TPSA) is 96.0 Å². The van der Waals surface area contributed by atoms with Crippen LogP contribution in [0.15, 0.2) is 17.0 Å². The molecule has 0 aliphatic carbocycles. The molecule has 0 aromatic heterocycles. The van der Waals surface area contributed by atoms with Crippen molar-refractivity contribution < 1.29 is 22.7 Å². The second-order valence-corrected chi connectivity index (χ2v) is 11.1. The molecule has 2 amide bonds. The molecule has 1 N–H and O–H groups in total. The molecule has 0 radical (unpaired) electrons. The van der Waals surface area contributed by atoms with Crippen LogP contribution in [0.2, 0.25) is 0 Å². The number of fused-ring (bicyclic) bond motifs is 1. The second kappa shape index (κ2) is 9.02. The Bertz CT molecular complexity index is 1010. The van der Waals surface area contributed by atoms with Crippen LogP contribution in [0.4, 0.5) is 5.69 Å². The van der Waals surface area contributed by atoms with E-state index in [4.69, 9.17) is 4.74 Å². The third-order valence-electron chi connectivity index (χ3n) is 6.90. The summed E-state index contributed by atoms with van der Waals surface area (Å²) >= 11 is 0. The van der Waals surface area contributed by atoms with Crippen LogP contribution in [0.1, 0.15) is 57.9 Å². The van der Waals surface area contributed by atoms with E-state index >= 15 is 0 Å². The minimum Gasteiger partial charge on any atom is -0.478 e. The van der Waals surface area contributed by atoms with E-state index in [-0.39, 0.29) is 35.2 Å². The molecule has 3 aliphatic rings. The number of likely N-dealkylation sites (tertiary alicyclic amines) is 1. The normalized spacial score (nSPS) is 26.8. The molecule has 0 spiro atoms. The molecule has 3 atom stereocenters. The van der Waals surface area contributed by atoms with Crippen molar-refractivity contribution in [2.75, 3.05) is 25.0 Å². The molecular formula is C23H33N3O5S. The Balaban J connectivity index is 1.57. The average molecular weight is 464 g/mol. The summed E-state index contributed by atoms with van der Waals surface area (Å²) in [6, 6.07) is 3.37. The summed E-state index contributed by atoms with van der Waals surface area (Å²) in [6.45, 7) is 6.99. The Morgan fingerprint density at radius 3 is 2.69 bits per heavy atom. The molecule has 0 bridgehead atoms. The zero-order valence-electron chi connectivity index (χ0n) is 19.1. The number of ether oxygens (including phenoxy) is 1. The number of sulfonamides is 1. The zero-order valence-corrected chi connectivity index (χ0v) is 19.9. The molecule has 2 saturated heterocycles. The van der Waals surface area contributed by atoms with Crippen molar-refractivity contribution in [3.8, 4) is 5.75 Å². The summed E-state index contributed by atoms with van der Waals surface area (Å²) < 4.78 is 34.4. The molecular weight excluding hydrogens is 430 g/mol. The van der Waals surface area contributed by atoms with Crippen molar-refractivity contribution in [3.05, 3.63) is 17.7 Å². The maximum Gasteiger partial charge on any atom is 0.265 e. The number of aryl methyl sites for hydroxylation is 1. The summed E-state index contributed by atoms with van der Waals surface area (Å²) in [4.78, 5) is 27.4. The molecule has 1 aromatic rings. The van der Waals surface area contributed by atoms with Gasteiger partial charge < -0.3 is 15.0 Å². The predicted octanol–water partition coefficient (Wildman–Crippen LogP) is 2.91. The van der Waals surface area contributed by atoms with Crippen LogP contribution in [0.3, 0.4) is 0 Å². The van der Waals surface area contributed by atoms with Crippen LogP contribution in [0.5, 0.6) is 5.75 Å². The molecule has 4 rings (SSSR count). The number of nitrogens with zero attached hydrogens (tertiary/aromatic N) is 2. The average Bonchev–Trinajstić information content (AvgIpc) is 2.78. The Labute approximate surface area is 190 Å². The lowest BCUT2D eigenvalue weighted by molar-refractivity contribution is -0.140. The summed E-state index contributed by atoms with van der Waals surface area (Å²) in [5.41, 5.74) is 1.03. The van der Waals surface area contributed by atoms with E-state index in [2.05, 4.69) is 12.2 Å². The van der Waals surface area contributed by atoms with E-state index in [9.17, 15) is 18.0 Å². The molecule has 1 aromatic carbocycles. The zero-order chi connectivity index (χ0) is 23.0. The highest BCUT2D eigenvalue weighted by atomic mass is 32.2. The number of carbonyl (C=O) groups is 2. The van der Waals surface area contributed by atoms with E-state index in [0.29, 0.717) is 42.8 Å². The number of nitrogens with one attached hydrogen (secondary N) is 1. The Morgan fingerprint density at radius 1 is 1.19 bits per heavy atom. The Kier molecular flexibility index (Phi) is 6.49. The van der Waals surface area contributed by atoms with Gasteiger partial charge in [-0.25, -0.2) is 8.42 Å². The third kappa shape index (κ3) is 4.24. The number of anilines is 1. The Hall–Kier alpha value is -2.13. The van der Waals surface area contributed by atoms with Gasteiger partial charge in [-0.15, -0.1) is 0 Å². The van der Waals surface area contributed by atoms with Crippen LogP contribution in [0, 0.1) is 12.8 Å². The van der Waals surface area contributed by atoms with Gasteiger partial charge in [-0.2, -0.15) is 4.31 Å². The van der Waals surface area contributed by atoms with Gasteiger partial charge in [-0.3, -0.25) is 9.59 Å². The molecule has 0 unspecified atom stereocenters. The molecule has 2 fully saturated rings. The van der Waals surface area contributed by atoms with Gasteiger partial charge in [0.1, 0.15) is 5.75 Å². The fourth-order valence-electron chi connectivity index (χ4n) is 4.99. The molecule has 3 heterocycles. The summed E-state index contributed by atoms with van der Waals surface area (Å²) in [6.07, 6.45) is 4.38. The number of rotatable bonds is 4. The van der Waals surface area contributed by atoms with Gasteiger partial charge in [-0.05, 0) is 64.0 Å². The van der Waals surface area contributed by atoms with Crippen LogP contribution in [-0.4, -0.2) is 61.2 Å². The summed E-state index contributed by atoms with van der Waals surface area (Å²) in [5, 5.41) is 2.80. The molecule has 0 saturated carbocycles. The van der Waals surface area contributed by atoms with Gasteiger partial charge in [0.15, 0.2) is 6.10 Å². The predicted molar refractivity (Wildman–Crippen MR) is 121 cm³/mol. The fourth-order valence-corrected chi connectivity index (χ4v) is 6.74. The minimum absolute atomic E-state index is 0.0797. The van der Waals surface area contributed by atoms with Gasteiger partial charge in [-0.1, -0.05) is 6.92 Å². The number of piperidine rings is 2. The second-order valence-electron chi connectivity index (χ2n) is 9.20. The highest BCUT2D eigenvalue weighted by molar-refractivity contribution is 7.89. The first kappa shape index (κ1) is 23.0. The lowest BCUT2D eigenvalue weighted by Crippen LogP contribution is -2.50. The van der Waals surface area contributed by atoms with Crippen molar-refractivity contribution in [1.29, 1.82) is 0 Å². The summed E-state index contributed by atoms with van der Waals surface area (Å²) in [7, 11) is -3.80. The fraction of sp³-hybridized carbons (Fsp3) is 0.652. The minimum atomic E-state index is -3.80. The number of hydrogen-bond acceptors (Lipinski definition) is 5. The molecule has 3 aliphatic heterocycles. The van der Waals surface area contributed by atoms with Crippen LogP contribution in [0.25, 0.3) is 0 Å². The van der Waals surface area contributed by atoms with Crippen molar-refractivity contribution in [2.45, 2.75) is 76.3 Å². The summed E-state index contributed by atoms with van der Waals surface area (Å²) in [5.74, 6) is -0.0835. The van der Waals surface area contributed by atoms with Crippen LogP contribution < -0.4 is 10.1 Å². The van der Waals surface area contributed by atoms with E-state index in [1.807, 2.05) is 11.8 Å². The Morgan fingerprint density at radius 2 is 1.97 bits per heavy atom. The highest BCUT2D eigenvalue weighted by Gasteiger charge is 2.38. The first-order valence-electron chi connectivity index (χ1n) is 11.6. The number of carbonyl (C=O) groups excluding carboxylic acids is 2. The standard InChI is InChI=1S/C23H33N3O5S/c1-4-19-22(27)24-18-12-15(2)21(13-20(18)31-19)32(29,30)25-10-7-9-17(14-25)23(28)26-11-6-5-8-16(26)3/h12-13,16-17,19H,4-11,14H2,1-3H3,(H,24,27)/t16-,17-,19-/m0/s1. The quantitative estimate of drug-likeness (QED) is 0.741. The maximum absolute atomic E-state index is 13.6. The van der Waals surface area contributed by atoms with Gasteiger partial charge in [0, 0.05) is 31.7 Å². The van der Waals surface area contributed by atoms with E-state index in [0.717, 1.165) is 25.8 Å². The van der Waals surface area contributed by atoms with Crippen molar-refractivity contribution in [2.24, 2.45) is 5.92 Å². The first-order valence-corrected chi connectivity index (χ1v) is 13.1. The first-order chi connectivity index (χ1) is 15.2. The number of hydrogen-bond donors (Lipinski definition) is 1. The molecule has 8 nitrogen and oxygen atoms in total. The van der Waals surface area contributed by atoms with Crippen LogP contribution in [-0.2, 0) is 19.6 Å². The maximum atomic E-state index is 13.6. The van der Waals surface area contributed by atoms with E-state index in [1.54, 1.807) is 13.0 Å². The van der Waals surface area contributed by atoms with Gasteiger partial charge >= 0.3 is 0 Å². The number of benzene rings is 1. The van der Waals surface area contributed by atoms with Crippen molar-refractivity contribution in [1.82, 2.24) is 9.21 Å². The van der Waals surface area contributed by atoms with Gasteiger partial charge in [0.05, 0.1) is 16.5 Å². The van der Waals surface area contributed by atoms with Crippen molar-refractivity contribution in [3.63, 3.8) is 0 Å². The SMILES string of the molecule is CC[C@@H]1Oc2cc(S(=O)(=O)N3CCC[C@H](C(=O)N4CCCC[C@@H]4C)C3)c(C)cc2NC1=O. The monoisotopic (exact) mass is 463 g/mol. The molecule has 9 heteroatoms. The highest BCUT2D eigenvalue weighted by Crippen LogP contribution is 2.37. The lowest BCUT2D eigenvalue weighted by Gasteiger charge is -2.39. The van der Waals surface area contributed by atoms with Gasteiger partial charge in [0.25, 0.3) is 5.91 Å². The van der Waals surface area contributed by atoms with E-state index < -0.39 is 16.1 Å². The van der Waals surface area contributed by atoms with Gasteiger partial charge in [0.2, 0.25) is 15.9 Å². The lowest BCUT2D eigenvalue weighted by atomic mass is 9.95. The number of amides is 2. The smallest absolute Gasteiger partial charge is 0.265 e. The molecule has 176 valence electrons. The van der Waals surface area contributed by atoms with E-state index in [1.165, 1.54) is 10.4 Å². The largest absolute Gasteiger partial charge is 0.478 e. The van der Waals surface area contributed by atoms with Crippen molar-refractivity contribution >= 4 is 27.5 Å². The third-order valence-corrected chi connectivity index (χ3v) is 8.91.